The Balaban J connectivity index is 3.32. The van der Waals surface area contributed by atoms with Crippen molar-refractivity contribution >= 4 is 0 Å². The van der Waals surface area contributed by atoms with Crippen molar-refractivity contribution in [2.45, 2.75) is 39.2 Å². The molecule has 1 unspecified atom stereocenters. The second-order valence-corrected chi connectivity index (χ2v) is 5.21. The lowest BCUT2D eigenvalue weighted by Gasteiger charge is -2.23. The molecule has 0 spiro atoms. The SMILES string of the molecule is COCCC(C)(O)CNCCOCCC(C)C. The maximum atomic E-state index is 9.94. The van der Waals surface area contributed by atoms with E-state index in [1.54, 1.807) is 7.11 Å². The molecule has 0 amide bonds. The van der Waals surface area contributed by atoms with Gasteiger partial charge >= 0.3 is 0 Å². The fraction of sp³-hybridized carbons (Fsp3) is 1.00. The van der Waals surface area contributed by atoms with Crippen molar-refractivity contribution in [3.8, 4) is 0 Å². The zero-order valence-electron chi connectivity index (χ0n) is 11.8. The number of rotatable bonds is 11. The van der Waals surface area contributed by atoms with Crippen molar-refractivity contribution < 1.29 is 14.6 Å². The monoisotopic (exact) mass is 247 g/mol. The van der Waals surface area contributed by atoms with Crippen molar-refractivity contribution in [1.29, 1.82) is 0 Å². The van der Waals surface area contributed by atoms with Gasteiger partial charge in [-0.05, 0) is 19.3 Å². The molecule has 0 radical (unpaired) electrons. The van der Waals surface area contributed by atoms with Crippen LogP contribution >= 0.6 is 0 Å². The smallest absolute Gasteiger partial charge is 0.0765 e. The van der Waals surface area contributed by atoms with E-state index < -0.39 is 5.60 Å². The molecule has 0 rings (SSSR count). The van der Waals surface area contributed by atoms with Gasteiger partial charge in [-0.25, -0.2) is 0 Å². The zero-order valence-corrected chi connectivity index (χ0v) is 11.8. The van der Waals surface area contributed by atoms with Gasteiger partial charge in [0.05, 0.1) is 12.2 Å². The summed E-state index contributed by atoms with van der Waals surface area (Å²) in [6.45, 7) is 9.65. The van der Waals surface area contributed by atoms with E-state index in [0.717, 1.165) is 19.6 Å². The molecule has 1 atom stereocenters. The van der Waals surface area contributed by atoms with Crippen LogP contribution in [0, 0.1) is 5.92 Å². The lowest BCUT2D eigenvalue weighted by molar-refractivity contribution is 0.0231. The summed E-state index contributed by atoms with van der Waals surface area (Å²) in [7, 11) is 1.64. The van der Waals surface area contributed by atoms with Crippen LogP contribution in [0.1, 0.15) is 33.6 Å². The summed E-state index contributed by atoms with van der Waals surface area (Å²) in [6.07, 6.45) is 1.75. The topological polar surface area (TPSA) is 50.7 Å². The van der Waals surface area contributed by atoms with Crippen LogP contribution in [0.5, 0.6) is 0 Å². The van der Waals surface area contributed by atoms with Gasteiger partial charge in [0.15, 0.2) is 0 Å². The van der Waals surface area contributed by atoms with Crippen molar-refractivity contribution in [3.63, 3.8) is 0 Å². The molecule has 17 heavy (non-hydrogen) atoms. The van der Waals surface area contributed by atoms with Crippen molar-refractivity contribution in [3.05, 3.63) is 0 Å². The van der Waals surface area contributed by atoms with E-state index in [1.807, 2.05) is 6.92 Å². The molecule has 0 aromatic rings. The third-order valence-corrected chi connectivity index (χ3v) is 2.61. The number of aliphatic hydroxyl groups is 1. The maximum Gasteiger partial charge on any atom is 0.0765 e. The Morgan fingerprint density at radius 3 is 2.53 bits per heavy atom. The Hall–Kier alpha value is -0.160. The van der Waals surface area contributed by atoms with Gasteiger partial charge in [-0.15, -0.1) is 0 Å². The van der Waals surface area contributed by atoms with Crippen LogP contribution in [-0.2, 0) is 9.47 Å². The number of hydrogen-bond acceptors (Lipinski definition) is 4. The minimum Gasteiger partial charge on any atom is -0.389 e. The van der Waals surface area contributed by atoms with Gasteiger partial charge in [0.2, 0.25) is 0 Å². The predicted octanol–water partition coefficient (Wildman–Crippen LogP) is 1.43. The van der Waals surface area contributed by atoms with E-state index in [4.69, 9.17) is 9.47 Å². The van der Waals surface area contributed by atoms with Crippen LogP contribution in [0.15, 0.2) is 0 Å². The van der Waals surface area contributed by atoms with Crippen LogP contribution in [0.3, 0.4) is 0 Å². The zero-order chi connectivity index (χ0) is 13.1. The highest BCUT2D eigenvalue weighted by Gasteiger charge is 2.18. The van der Waals surface area contributed by atoms with Crippen LogP contribution in [-0.4, -0.2) is 50.7 Å². The first-order valence-electron chi connectivity index (χ1n) is 6.48. The minimum absolute atomic E-state index is 0.573. The average Bonchev–Trinajstić information content (AvgIpc) is 2.24. The van der Waals surface area contributed by atoms with E-state index in [1.165, 1.54) is 0 Å². The summed E-state index contributed by atoms with van der Waals surface area (Å²) in [5, 5.41) is 13.1. The van der Waals surface area contributed by atoms with E-state index in [2.05, 4.69) is 19.2 Å². The van der Waals surface area contributed by atoms with Gasteiger partial charge < -0.3 is 19.9 Å². The lowest BCUT2D eigenvalue weighted by Crippen LogP contribution is -2.39. The number of nitrogens with one attached hydrogen (secondary N) is 1. The molecule has 0 aliphatic heterocycles. The first-order valence-corrected chi connectivity index (χ1v) is 6.48. The highest BCUT2D eigenvalue weighted by Crippen LogP contribution is 2.07. The van der Waals surface area contributed by atoms with Crippen LogP contribution in [0.4, 0.5) is 0 Å². The standard InChI is InChI=1S/C13H29NO3/c1-12(2)5-8-17-10-7-14-11-13(3,15)6-9-16-4/h12,14-15H,5-11H2,1-4H3. The Labute approximate surface area is 106 Å². The third-order valence-electron chi connectivity index (χ3n) is 2.61. The van der Waals surface area contributed by atoms with Crippen LogP contribution in [0.2, 0.25) is 0 Å². The summed E-state index contributed by atoms with van der Waals surface area (Å²) in [6, 6.07) is 0. The predicted molar refractivity (Wildman–Crippen MR) is 70.3 cm³/mol. The minimum atomic E-state index is -0.700. The molecule has 0 aromatic heterocycles. The largest absolute Gasteiger partial charge is 0.389 e. The Bertz CT molecular complexity index is 172. The van der Waals surface area contributed by atoms with Crippen molar-refractivity contribution in [1.82, 2.24) is 5.32 Å². The fourth-order valence-electron chi connectivity index (χ4n) is 1.33. The second kappa shape index (κ2) is 9.83. The van der Waals surface area contributed by atoms with E-state index in [-0.39, 0.29) is 0 Å². The average molecular weight is 247 g/mol. The highest BCUT2D eigenvalue weighted by atomic mass is 16.5. The molecule has 4 nitrogen and oxygen atoms in total. The summed E-state index contributed by atoms with van der Waals surface area (Å²) in [4.78, 5) is 0. The van der Waals surface area contributed by atoms with Crippen LogP contribution in [0.25, 0.3) is 0 Å². The van der Waals surface area contributed by atoms with E-state index in [9.17, 15) is 5.11 Å². The molecule has 0 aliphatic rings. The van der Waals surface area contributed by atoms with Gasteiger partial charge in [-0.2, -0.15) is 0 Å². The number of methoxy groups -OCH3 is 1. The third kappa shape index (κ3) is 12.1. The molecular formula is C13H29NO3. The van der Waals surface area contributed by atoms with Crippen molar-refractivity contribution in [2.24, 2.45) is 5.92 Å². The summed E-state index contributed by atoms with van der Waals surface area (Å²) in [5.74, 6) is 0.692. The van der Waals surface area contributed by atoms with Crippen LogP contribution < -0.4 is 5.32 Å². The fourth-order valence-corrected chi connectivity index (χ4v) is 1.33. The van der Waals surface area contributed by atoms with Gasteiger partial charge in [-0.3, -0.25) is 0 Å². The normalized spacial score (nSPS) is 15.2. The highest BCUT2D eigenvalue weighted by molar-refractivity contribution is 4.74. The molecular weight excluding hydrogens is 218 g/mol. The van der Waals surface area contributed by atoms with Gasteiger partial charge in [0, 0.05) is 39.8 Å². The summed E-state index contributed by atoms with van der Waals surface area (Å²) < 4.78 is 10.4. The summed E-state index contributed by atoms with van der Waals surface area (Å²) >= 11 is 0. The molecule has 0 saturated carbocycles. The van der Waals surface area contributed by atoms with E-state index in [0.29, 0.717) is 32.1 Å². The van der Waals surface area contributed by atoms with Gasteiger partial charge in [-0.1, -0.05) is 13.8 Å². The Morgan fingerprint density at radius 1 is 1.24 bits per heavy atom. The molecule has 0 bridgehead atoms. The molecule has 0 aliphatic carbocycles. The molecule has 4 heteroatoms. The molecule has 0 aromatic carbocycles. The van der Waals surface area contributed by atoms with Gasteiger partial charge in [0.25, 0.3) is 0 Å². The number of hydrogen-bond donors (Lipinski definition) is 2. The molecule has 0 fully saturated rings. The number of ether oxygens (including phenoxy) is 2. The molecule has 2 N–H and O–H groups in total. The lowest BCUT2D eigenvalue weighted by atomic mass is 10.0. The Morgan fingerprint density at radius 2 is 1.94 bits per heavy atom. The Kier molecular flexibility index (Phi) is 9.74. The van der Waals surface area contributed by atoms with Crippen molar-refractivity contribution in [2.75, 3.05) is 40.0 Å². The molecule has 104 valence electrons. The quantitative estimate of drug-likeness (QED) is 0.542. The first-order chi connectivity index (χ1) is 7.98. The van der Waals surface area contributed by atoms with Gasteiger partial charge in [0.1, 0.15) is 0 Å². The van der Waals surface area contributed by atoms with E-state index >= 15 is 0 Å². The summed E-state index contributed by atoms with van der Waals surface area (Å²) in [5.41, 5.74) is -0.700. The maximum absolute atomic E-state index is 9.94. The first kappa shape index (κ1) is 16.8. The molecule has 0 heterocycles. The second-order valence-electron chi connectivity index (χ2n) is 5.21. The molecule has 0 saturated heterocycles.